The van der Waals surface area contributed by atoms with Crippen LogP contribution in [0.15, 0.2) is 23.5 Å². The van der Waals surface area contributed by atoms with Gasteiger partial charge in [0.15, 0.2) is 0 Å². The minimum Gasteiger partial charge on any atom is -0.380 e. The molecule has 31 heavy (non-hydrogen) atoms. The summed E-state index contributed by atoms with van der Waals surface area (Å²) in [5.74, 6) is 0.794. The summed E-state index contributed by atoms with van der Waals surface area (Å²) in [6.45, 7) is 4.48. The standard InChI is InChI=1S/C22H31F3O5S/c1-20-10-8-15(29-13-28-3)12-14(20)4-5-16-17-6-7-19(21(17,2)11-9-18(16)20)30-31(26,27)22(23,24)25/h4,7,15-18H,5-6,8-13H2,1-3H3/t15-,16?,17-,18-,20-,21-/m0/s1. The molecule has 0 spiro atoms. The predicted octanol–water partition coefficient (Wildman–Crippen LogP) is 5.30. The van der Waals surface area contributed by atoms with Gasteiger partial charge in [-0.15, -0.1) is 0 Å². The van der Waals surface area contributed by atoms with E-state index in [4.69, 9.17) is 9.47 Å². The second kappa shape index (κ2) is 7.76. The van der Waals surface area contributed by atoms with Crippen LogP contribution in [0.5, 0.6) is 0 Å². The molecule has 0 aromatic heterocycles. The number of hydrogen-bond donors (Lipinski definition) is 0. The third-order valence-electron chi connectivity index (χ3n) is 8.47. The van der Waals surface area contributed by atoms with Gasteiger partial charge in [0.05, 0.1) is 6.10 Å². The van der Waals surface area contributed by atoms with E-state index >= 15 is 0 Å². The molecule has 4 aliphatic rings. The van der Waals surface area contributed by atoms with Gasteiger partial charge in [-0.25, -0.2) is 0 Å². The molecular formula is C22H31F3O5S. The maximum atomic E-state index is 12.9. The van der Waals surface area contributed by atoms with Crippen LogP contribution in [0.2, 0.25) is 0 Å². The fourth-order valence-corrected chi connectivity index (χ4v) is 7.35. The largest absolute Gasteiger partial charge is 0.534 e. The van der Waals surface area contributed by atoms with Gasteiger partial charge in [0.2, 0.25) is 0 Å². The summed E-state index contributed by atoms with van der Waals surface area (Å²) in [6, 6.07) is 0. The van der Waals surface area contributed by atoms with Crippen molar-refractivity contribution < 1.29 is 35.2 Å². The summed E-state index contributed by atoms with van der Waals surface area (Å²) >= 11 is 0. The molecule has 2 saturated carbocycles. The fraction of sp³-hybridized carbons (Fsp3) is 0.818. The highest BCUT2D eigenvalue weighted by molar-refractivity contribution is 7.87. The summed E-state index contributed by atoms with van der Waals surface area (Å²) in [6.07, 6.45) is 9.79. The van der Waals surface area contributed by atoms with Crippen molar-refractivity contribution in [1.29, 1.82) is 0 Å². The lowest BCUT2D eigenvalue weighted by atomic mass is 9.48. The molecule has 0 amide bonds. The van der Waals surface area contributed by atoms with Crippen LogP contribution < -0.4 is 0 Å². The molecule has 0 aromatic rings. The van der Waals surface area contributed by atoms with Gasteiger partial charge in [-0.1, -0.05) is 25.5 Å². The van der Waals surface area contributed by atoms with Crippen molar-refractivity contribution in [2.75, 3.05) is 13.9 Å². The molecule has 5 nitrogen and oxygen atoms in total. The Morgan fingerprint density at radius 2 is 1.77 bits per heavy atom. The highest BCUT2D eigenvalue weighted by Crippen LogP contribution is 2.65. The van der Waals surface area contributed by atoms with Crippen molar-refractivity contribution in [2.45, 2.75) is 70.4 Å². The Kier molecular flexibility index (Phi) is 5.79. The number of alkyl halides is 3. The average Bonchev–Trinajstić information content (AvgIpc) is 3.01. The van der Waals surface area contributed by atoms with E-state index in [0.717, 1.165) is 32.1 Å². The lowest BCUT2D eigenvalue weighted by Crippen LogP contribution is -2.50. The Morgan fingerprint density at radius 1 is 1.06 bits per heavy atom. The van der Waals surface area contributed by atoms with Crippen LogP contribution in [0.1, 0.15) is 58.8 Å². The van der Waals surface area contributed by atoms with E-state index in [9.17, 15) is 21.6 Å². The van der Waals surface area contributed by atoms with Gasteiger partial charge in [0, 0.05) is 12.5 Å². The van der Waals surface area contributed by atoms with E-state index < -0.39 is 21.0 Å². The number of halogens is 3. The van der Waals surface area contributed by atoms with Gasteiger partial charge in [0.1, 0.15) is 12.6 Å². The predicted molar refractivity (Wildman–Crippen MR) is 108 cm³/mol. The van der Waals surface area contributed by atoms with Gasteiger partial charge in [0.25, 0.3) is 0 Å². The van der Waals surface area contributed by atoms with Crippen LogP contribution in [0.3, 0.4) is 0 Å². The Balaban J connectivity index is 1.53. The van der Waals surface area contributed by atoms with Crippen LogP contribution in [0.4, 0.5) is 13.2 Å². The first-order valence-corrected chi connectivity index (χ1v) is 12.3. The summed E-state index contributed by atoms with van der Waals surface area (Å²) < 4.78 is 77.4. The Labute approximate surface area is 182 Å². The van der Waals surface area contributed by atoms with E-state index in [1.807, 2.05) is 6.92 Å². The monoisotopic (exact) mass is 464 g/mol. The quantitative estimate of drug-likeness (QED) is 0.239. The zero-order valence-corrected chi connectivity index (χ0v) is 19.0. The molecule has 6 atom stereocenters. The maximum absolute atomic E-state index is 12.9. The number of hydrogen-bond acceptors (Lipinski definition) is 5. The number of ether oxygens (including phenoxy) is 2. The lowest BCUT2D eigenvalue weighted by Gasteiger charge is -2.57. The highest BCUT2D eigenvalue weighted by atomic mass is 32.2. The fourth-order valence-electron chi connectivity index (χ4n) is 6.76. The molecule has 0 aliphatic heterocycles. The molecule has 0 aromatic carbocycles. The number of rotatable bonds is 5. The van der Waals surface area contributed by atoms with Crippen LogP contribution in [-0.2, 0) is 23.8 Å². The number of allylic oxidation sites excluding steroid dienone is 3. The second-order valence-electron chi connectivity index (χ2n) is 9.94. The Bertz CT molecular complexity index is 880. The third kappa shape index (κ3) is 3.74. The van der Waals surface area contributed by atoms with Crippen molar-refractivity contribution in [1.82, 2.24) is 0 Å². The zero-order valence-electron chi connectivity index (χ0n) is 18.2. The summed E-state index contributed by atoms with van der Waals surface area (Å²) in [5, 5.41) is 0. The molecule has 2 fully saturated rings. The van der Waals surface area contributed by atoms with E-state index in [-0.39, 0.29) is 30.0 Å². The molecule has 0 N–H and O–H groups in total. The third-order valence-corrected chi connectivity index (χ3v) is 9.44. The molecule has 0 saturated heterocycles. The molecule has 0 radical (unpaired) electrons. The number of fused-ring (bicyclic) bond motifs is 5. The Morgan fingerprint density at radius 3 is 2.45 bits per heavy atom. The van der Waals surface area contributed by atoms with Gasteiger partial charge >= 0.3 is 15.6 Å². The van der Waals surface area contributed by atoms with E-state index in [1.165, 1.54) is 5.57 Å². The molecular weight excluding hydrogens is 433 g/mol. The summed E-state index contributed by atoms with van der Waals surface area (Å²) in [4.78, 5) is 0. The van der Waals surface area contributed by atoms with Crippen molar-refractivity contribution in [3.63, 3.8) is 0 Å². The van der Waals surface area contributed by atoms with Crippen molar-refractivity contribution >= 4 is 10.1 Å². The smallest absolute Gasteiger partial charge is 0.380 e. The van der Waals surface area contributed by atoms with E-state index in [1.54, 1.807) is 13.2 Å². The zero-order chi connectivity index (χ0) is 22.7. The van der Waals surface area contributed by atoms with Gasteiger partial charge in [-0.3, -0.25) is 0 Å². The lowest BCUT2D eigenvalue weighted by molar-refractivity contribution is -0.0957. The average molecular weight is 465 g/mol. The topological polar surface area (TPSA) is 61.8 Å². The molecule has 176 valence electrons. The minimum absolute atomic E-state index is 0.0233. The van der Waals surface area contributed by atoms with Gasteiger partial charge in [-0.05, 0) is 74.2 Å². The molecule has 4 rings (SSSR count). The van der Waals surface area contributed by atoms with E-state index in [0.29, 0.717) is 24.7 Å². The number of methoxy groups -OCH3 is 1. The second-order valence-corrected chi connectivity index (χ2v) is 11.5. The SMILES string of the molecule is COCO[C@H]1CC[C@@]2(C)C(=CCC3[C@@H]2CC[C@]2(C)C(OS(=O)(=O)C(F)(F)F)=CC[C@@H]32)C1. The molecule has 1 unspecified atom stereocenters. The van der Waals surface area contributed by atoms with Gasteiger partial charge in [-0.2, -0.15) is 21.6 Å². The van der Waals surface area contributed by atoms with E-state index in [2.05, 4.69) is 17.2 Å². The Hall–Kier alpha value is -1.06. The molecule has 4 aliphatic carbocycles. The first kappa shape index (κ1) is 23.1. The van der Waals surface area contributed by atoms with Crippen LogP contribution >= 0.6 is 0 Å². The first-order valence-electron chi connectivity index (χ1n) is 10.9. The first-order chi connectivity index (χ1) is 14.4. The summed E-state index contributed by atoms with van der Waals surface area (Å²) in [5.41, 5.74) is -4.62. The maximum Gasteiger partial charge on any atom is 0.534 e. The van der Waals surface area contributed by atoms with Crippen molar-refractivity contribution in [2.24, 2.45) is 28.6 Å². The van der Waals surface area contributed by atoms with Crippen molar-refractivity contribution in [3.05, 3.63) is 23.5 Å². The van der Waals surface area contributed by atoms with Gasteiger partial charge < -0.3 is 13.7 Å². The molecule has 0 bridgehead atoms. The van der Waals surface area contributed by atoms with Crippen LogP contribution in [0.25, 0.3) is 0 Å². The summed E-state index contributed by atoms with van der Waals surface area (Å²) in [7, 11) is -4.03. The van der Waals surface area contributed by atoms with Crippen LogP contribution in [0, 0.1) is 28.6 Å². The molecule has 9 heteroatoms. The molecule has 0 heterocycles. The normalized spacial score (nSPS) is 40.3. The van der Waals surface area contributed by atoms with Crippen LogP contribution in [-0.4, -0.2) is 33.9 Å². The highest BCUT2D eigenvalue weighted by Gasteiger charge is 2.59. The van der Waals surface area contributed by atoms with Crippen molar-refractivity contribution in [3.8, 4) is 0 Å². The minimum atomic E-state index is -5.65.